The minimum absolute atomic E-state index is 0.520. The van der Waals surface area contributed by atoms with E-state index in [1.54, 1.807) is 0 Å². The van der Waals surface area contributed by atoms with Crippen LogP contribution < -0.4 is 5.32 Å². The first-order chi connectivity index (χ1) is 6.61. The number of anilines is 1. The molecule has 14 heavy (non-hydrogen) atoms. The SMILES string of the molecule is Cc1c(Cl)ncnc1NCCC(C)C. The summed E-state index contributed by atoms with van der Waals surface area (Å²) < 4.78 is 0. The largest absolute Gasteiger partial charge is 0.370 e. The van der Waals surface area contributed by atoms with Gasteiger partial charge >= 0.3 is 0 Å². The average Bonchev–Trinajstić information content (AvgIpc) is 2.12. The van der Waals surface area contributed by atoms with Gasteiger partial charge in [0.25, 0.3) is 0 Å². The van der Waals surface area contributed by atoms with Crippen molar-refractivity contribution in [1.82, 2.24) is 9.97 Å². The Bertz CT molecular complexity index is 299. The lowest BCUT2D eigenvalue weighted by molar-refractivity contribution is 0.606. The van der Waals surface area contributed by atoms with Crippen LogP contribution in [0.15, 0.2) is 6.33 Å². The number of hydrogen-bond acceptors (Lipinski definition) is 3. The molecule has 1 rings (SSSR count). The maximum Gasteiger partial charge on any atom is 0.137 e. The quantitative estimate of drug-likeness (QED) is 0.782. The molecule has 0 saturated carbocycles. The first kappa shape index (κ1) is 11.2. The predicted molar refractivity (Wildman–Crippen MR) is 59.7 cm³/mol. The normalized spacial score (nSPS) is 10.6. The lowest BCUT2D eigenvalue weighted by Crippen LogP contribution is -2.07. The highest BCUT2D eigenvalue weighted by Gasteiger charge is 2.03. The summed E-state index contributed by atoms with van der Waals surface area (Å²) in [5, 5.41) is 3.77. The van der Waals surface area contributed by atoms with Crippen molar-refractivity contribution in [2.75, 3.05) is 11.9 Å². The molecule has 0 radical (unpaired) electrons. The highest BCUT2D eigenvalue weighted by atomic mass is 35.5. The van der Waals surface area contributed by atoms with Crippen LogP contribution in [0.2, 0.25) is 5.15 Å². The van der Waals surface area contributed by atoms with Crippen molar-refractivity contribution in [1.29, 1.82) is 0 Å². The monoisotopic (exact) mass is 213 g/mol. The molecule has 1 aromatic heterocycles. The van der Waals surface area contributed by atoms with Crippen LogP contribution >= 0.6 is 11.6 Å². The van der Waals surface area contributed by atoms with E-state index in [-0.39, 0.29) is 0 Å². The smallest absolute Gasteiger partial charge is 0.137 e. The maximum absolute atomic E-state index is 5.86. The van der Waals surface area contributed by atoms with Gasteiger partial charge in [-0.25, -0.2) is 9.97 Å². The molecule has 0 fully saturated rings. The standard InChI is InChI=1S/C10H16ClN3/c1-7(2)4-5-12-10-8(3)9(11)13-6-14-10/h6-7H,4-5H2,1-3H3,(H,12,13,14). The van der Waals surface area contributed by atoms with Gasteiger partial charge in [0.15, 0.2) is 0 Å². The van der Waals surface area contributed by atoms with Gasteiger partial charge in [0, 0.05) is 12.1 Å². The van der Waals surface area contributed by atoms with E-state index in [9.17, 15) is 0 Å². The van der Waals surface area contributed by atoms with Crippen LogP contribution in [0.3, 0.4) is 0 Å². The fourth-order valence-electron chi connectivity index (χ4n) is 1.09. The number of nitrogens with zero attached hydrogens (tertiary/aromatic N) is 2. The van der Waals surface area contributed by atoms with Crippen molar-refractivity contribution in [3.63, 3.8) is 0 Å². The Kier molecular flexibility index (Phi) is 4.14. The zero-order valence-corrected chi connectivity index (χ0v) is 9.60. The summed E-state index contributed by atoms with van der Waals surface area (Å²) in [5.74, 6) is 1.53. The average molecular weight is 214 g/mol. The van der Waals surface area contributed by atoms with Crippen LogP contribution in [0.1, 0.15) is 25.8 Å². The lowest BCUT2D eigenvalue weighted by atomic mass is 10.1. The summed E-state index contributed by atoms with van der Waals surface area (Å²) in [6.45, 7) is 7.23. The molecule has 0 spiro atoms. The van der Waals surface area contributed by atoms with Gasteiger partial charge in [0.2, 0.25) is 0 Å². The zero-order valence-electron chi connectivity index (χ0n) is 8.84. The second-order valence-electron chi connectivity index (χ2n) is 3.75. The number of rotatable bonds is 4. The minimum Gasteiger partial charge on any atom is -0.370 e. The second-order valence-corrected chi connectivity index (χ2v) is 4.11. The molecule has 1 aromatic rings. The van der Waals surface area contributed by atoms with Crippen LogP contribution in [0, 0.1) is 12.8 Å². The van der Waals surface area contributed by atoms with Crippen molar-refractivity contribution in [3.05, 3.63) is 17.0 Å². The van der Waals surface area contributed by atoms with Gasteiger partial charge in [-0.15, -0.1) is 0 Å². The highest BCUT2D eigenvalue weighted by Crippen LogP contribution is 2.17. The molecule has 0 atom stereocenters. The Labute approximate surface area is 89.9 Å². The molecule has 0 aliphatic heterocycles. The molecule has 1 heterocycles. The van der Waals surface area contributed by atoms with Gasteiger partial charge in [-0.1, -0.05) is 25.4 Å². The molecule has 78 valence electrons. The first-order valence-electron chi connectivity index (χ1n) is 4.82. The summed E-state index contributed by atoms with van der Waals surface area (Å²) in [4.78, 5) is 8.03. The minimum atomic E-state index is 0.520. The Morgan fingerprint density at radius 3 is 2.79 bits per heavy atom. The topological polar surface area (TPSA) is 37.8 Å². The lowest BCUT2D eigenvalue weighted by Gasteiger charge is -2.09. The number of nitrogens with one attached hydrogen (secondary N) is 1. The van der Waals surface area contributed by atoms with Crippen LogP contribution in [-0.4, -0.2) is 16.5 Å². The molecule has 0 unspecified atom stereocenters. The van der Waals surface area contributed by atoms with Crippen LogP contribution in [0.25, 0.3) is 0 Å². The molecule has 0 aromatic carbocycles. The Hall–Kier alpha value is -0.830. The summed E-state index contributed by atoms with van der Waals surface area (Å²) in [6.07, 6.45) is 2.61. The fraction of sp³-hybridized carbons (Fsp3) is 0.600. The van der Waals surface area contributed by atoms with E-state index in [1.165, 1.54) is 6.33 Å². The van der Waals surface area contributed by atoms with Gasteiger partial charge in [0.05, 0.1) is 0 Å². The summed E-state index contributed by atoms with van der Waals surface area (Å²) in [6, 6.07) is 0. The van der Waals surface area contributed by atoms with Gasteiger partial charge in [0.1, 0.15) is 17.3 Å². The number of halogens is 1. The highest BCUT2D eigenvalue weighted by molar-refractivity contribution is 6.30. The summed E-state index contributed by atoms with van der Waals surface area (Å²) in [7, 11) is 0. The summed E-state index contributed by atoms with van der Waals surface area (Å²) in [5.41, 5.74) is 0.915. The molecule has 4 heteroatoms. The first-order valence-corrected chi connectivity index (χ1v) is 5.20. The van der Waals surface area contributed by atoms with Crippen molar-refractivity contribution in [2.24, 2.45) is 5.92 Å². The van der Waals surface area contributed by atoms with Gasteiger partial charge in [-0.05, 0) is 19.3 Å². The van der Waals surface area contributed by atoms with Crippen LogP contribution in [0.4, 0.5) is 5.82 Å². The molecule has 0 saturated heterocycles. The van der Waals surface area contributed by atoms with Crippen molar-refractivity contribution in [2.45, 2.75) is 27.2 Å². The predicted octanol–water partition coefficient (Wildman–Crippen LogP) is 2.90. The third-order valence-corrected chi connectivity index (χ3v) is 2.42. The molecular formula is C10H16ClN3. The van der Waals surface area contributed by atoms with E-state index >= 15 is 0 Å². The van der Waals surface area contributed by atoms with Crippen molar-refractivity contribution >= 4 is 17.4 Å². The molecule has 1 N–H and O–H groups in total. The second kappa shape index (κ2) is 5.15. The van der Waals surface area contributed by atoms with Gasteiger partial charge < -0.3 is 5.32 Å². The zero-order chi connectivity index (χ0) is 10.6. The van der Waals surface area contributed by atoms with Crippen molar-refractivity contribution < 1.29 is 0 Å². The molecule has 0 bridgehead atoms. The van der Waals surface area contributed by atoms with E-state index in [2.05, 4.69) is 29.1 Å². The van der Waals surface area contributed by atoms with E-state index in [0.29, 0.717) is 11.1 Å². The molecule has 3 nitrogen and oxygen atoms in total. The Balaban J connectivity index is 2.54. The van der Waals surface area contributed by atoms with E-state index < -0.39 is 0 Å². The van der Waals surface area contributed by atoms with Crippen molar-refractivity contribution in [3.8, 4) is 0 Å². The Morgan fingerprint density at radius 2 is 2.14 bits per heavy atom. The van der Waals surface area contributed by atoms with Crippen LogP contribution in [0.5, 0.6) is 0 Å². The number of aromatic nitrogens is 2. The van der Waals surface area contributed by atoms with Gasteiger partial charge in [-0.3, -0.25) is 0 Å². The van der Waals surface area contributed by atoms with Crippen LogP contribution in [-0.2, 0) is 0 Å². The van der Waals surface area contributed by atoms with E-state index in [0.717, 1.165) is 24.3 Å². The number of hydrogen-bond donors (Lipinski definition) is 1. The van der Waals surface area contributed by atoms with E-state index in [4.69, 9.17) is 11.6 Å². The summed E-state index contributed by atoms with van der Waals surface area (Å²) >= 11 is 5.86. The molecule has 0 aliphatic rings. The fourth-order valence-corrected chi connectivity index (χ4v) is 1.22. The maximum atomic E-state index is 5.86. The molecule has 0 aliphatic carbocycles. The molecular weight excluding hydrogens is 198 g/mol. The third kappa shape index (κ3) is 3.14. The Morgan fingerprint density at radius 1 is 1.43 bits per heavy atom. The third-order valence-electron chi connectivity index (χ3n) is 2.04. The van der Waals surface area contributed by atoms with E-state index in [1.807, 2.05) is 6.92 Å². The molecule has 0 amide bonds. The van der Waals surface area contributed by atoms with Gasteiger partial charge in [-0.2, -0.15) is 0 Å².